The van der Waals surface area contributed by atoms with Crippen LogP contribution in [0.3, 0.4) is 0 Å². The summed E-state index contributed by atoms with van der Waals surface area (Å²) in [6, 6.07) is 3.51. The van der Waals surface area contributed by atoms with Crippen LogP contribution in [-0.2, 0) is 16.6 Å². The summed E-state index contributed by atoms with van der Waals surface area (Å²) >= 11 is 0. The second-order valence-electron chi connectivity index (χ2n) is 5.76. The minimum atomic E-state index is -0.545. The molecule has 0 bridgehead atoms. The van der Waals surface area contributed by atoms with E-state index in [2.05, 4.69) is 10.2 Å². The van der Waals surface area contributed by atoms with Gasteiger partial charge in [-0.1, -0.05) is 0 Å². The van der Waals surface area contributed by atoms with Crippen LogP contribution in [0.5, 0.6) is 0 Å². The van der Waals surface area contributed by atoms with E-state index in [0.29, 0.717) is 18.9 Å². The van der Waals surface area contributed by atoms with Crippen molar-refractivity contribution in [1.29, 1.82) is 0 Å². The van der Waals surface area contributed by atoms with Crippen LogP contribution in [0.15, 0.2) is 18.3 Å². The van der Waals surface area contributed by atoms with Crippen LogP contribution < -0.4 is 5.32 Å². The van der Waals surface area contributed by atoms with E-state index in [9.17, 15) is 9.59 Å². The van der Waals surface area contributed by atoms with Gasteiger partial charge in [-0.2, -0.15) is 0 Å². The zero-order chi connectivity index (χ0) is 14.8. The zero-order valence-corrected chi connectivity index (χ0v) is 12.2. The van der Waals surface area contributed by atoms with Gasteiger partial charge in [-0.3, -0.25) is 14.5 Å². The fraction of sp³-hybridized carbons (Fsp3) is 0.600. The highest BCUT2D eigenvalue weighted by molar-refractivity contribution is 6.42. The van der Waals surface area contributed by atoms with Gasteiger partial charge in [0.1, 0.15) is 0 Å². The number of Topliss-reactive ketones (excluding diaryl/α,β-unsaturated/α-hetero) is 1. The SMILES string of the molecule is Cn1cccc1C(=O)C(=O)N[C@H]1COC[C@@H]1N1CCCC1. The Balaban J connectivity index is 1.64. The number of amides is 1. The Bertz CT molecular complexity index is 534. The lowest BCUT2D eigenvalue weighted by Gasteiger charge is -2.27. The largest absolute Gasteiger partial charge is 0.378 e. The molecule has 1 amide bonds. The first-order chi connectivity index (χ1) is 10.2. The third kappa shape index (κ3) is 2.87. The number of likely N-dealkylation sites (tertiary alicyclic amines) is 1. The fourth-order valence-electron chi connectivity index (χ4n) is 3.16. The van der Waals surface area contributed by atoms with E-state index >= 15 is 0 Å². The topological polar surface area (TPSA) is 63.6 Å². The summed E-state index contributed by atoms with van der Waals surface area (Å²) in [7, 11) is 1.76. The van der Waals surface area contributed by atoms with Gasteiger partial charge in [0, 0.05) is 13.2 Å². The quantitative estimate of drug-likeness (QED) is 0.635. The normalized spacial score (nSPS) is 26.1. The average molecular weight is 291 g/mol. The molecule has 2 saturated heterocycles. The molecule has 3 rings (SSSR count). The van der Waals surface area contributed by atoms with Crippen molar-refractivity contribution in [2.75, 3.05) is 26.3 Å². The van der Waals surface area contributed by atoms with Gasteiger partial charge in [0.2, 0.25) is 0 Å². The molecule has 0 aliphatic carbocycles. The van der Waals surface area contributed by atoms with Crippen LogP contribution >= 0.6 is 0 Å². The maximum Gasteiger partial charge on any atom is 0.294 e. The number of hydrogen-bond acceptors (Lipinski definition) is 4. The molecule has 0 unspecified atom stereocenters. The summed E-state index contributed by atoms with van der Waals surface area (Å²) in [6.45, 7) is 3.20. The van der Waals surface area contributed by atoms with Crippen LogP contribution in [0, 0.1) is 0 Å². The van der Waals surface area contributed by atoms with Crippen molar-refractivity contribution in [3.63, 3.8) is 0 Å². The molecule has 0 saturated carbocycles. The van der Waals surface area contributed by atoms with Gasteiger partial charge in [0.15, 0.2) is 0 Å². The first kappa shape index (κ1) is 14.3. The van der Waals surface area contributed by atoms with Crippen molar-refractivity contribution >= 4 is 11.7 Å². The Kier molecular flexibility index (Phi) is 4.07. The van der Waals surface area contributed by atoms with E-state index in [-0.39, 0.29) is 12.1 Å². The van der Waals surface area contributed by atoms with Gasteiger partial charge in [0.05, 0.1) is 31.0 Å². The van der Waals surface area contributed by atoms with Crippen molar-refractivity contribution in [2.24, 2.45) is 7.05 Å². The highest BCUT2D eigenvalue weighted by atomic mass is 16.5. The fourth-order valence-corrected chi connectivity index (χ4v) is 3.16. The molecular formula is C15H21N3O3. The number of nitrogens with zero attached hydrogens (tertiary/aromatic N) is 2. The first-order valence-corrected chi connectivity index (χ1v) is 7.45. The number of carbonyl (C=O) groups excluding carboxylic acids is 2. The highest BCUT2D eigenvalue weighted by Gasteiger charge is 2.36. The standard InChI is InChI=1S/C15H21N3O3/c1-17-6-4-5-12(17)14(19)15(20)16-11-9-21-10-13(11)18-7-2-3-8-18/h4-6,11,13H,2-3,7-10H2,1H3,(H,16,20)/t11-,13-/m0/s1. The molecule has 2 aliphatic heterocycles. The Hall–Kier alpha value is -1.66. The summed E-state index contributed by atoms with van der Waals surface area (Å²) in [6.07, 6.45) is 4.14. The minimum absolute atomic E-state index is 0.0974. The van der Waals surface area contributed by atoms with E-state index < -0.39 is 11.7 Å². The number of ether oxygens (including phenoxy) is 1. The predicted octanol–water partition coefficient (Wildman–Crippen LogP) is 0.187. The molecule has 1 aromatic heterocycles. The summed E-state index contributed by atoms with van der Waals surface area (Å²) < 4.78 is 7.16. The lowest BCUT2D eigenvalue weighted by atomic mass is 10.1. The van der Waals surface area contributed by atoms with E-state index in [1.54, 1.807) is 29.9 Å². The van der Waals surface area contributed by atoms with Gasteiger partial charge < -0.3 is 14.6 Å². The lowest BCUT2D eigenvalue weighted by molar-refractivity contribution is -0.118. The van der Waals surface area contributed by atoms with E-state index in [0.717, 1.165) is 13.1 Å². The molecule has 3 heterocycles. The second-order valence-corrected chi connectivity index (χ2v) is 5.76. The van der Waals surface area contributed by atoms with Crippen LogP contribution in [-0.4, -0.2) is 59.5 Å². The van der Waals surface area contributed by atoms with Crippen molar-refractivity contribution in [3.05, 3.63) is 24.0 Å². The molecule has 0 radical (unpaired) electrons. The highest BCUT2D eigenvalue weighted by Crippen LogP contribution is 2.19. The molecule has 2 atom stereocenters. The molecule has 0 aromatic carbocycles. The summed E-state index contributed by atoms with van der Waals surface area (Å²) in [5.74, 6) is -1.04. The molecule has 114 valence electrons. The van der Waals surface area contributed by atoms with Gasteiger partial charge >= 0.3 is 0 Å². The second kappa shape index (κ2) is 5.99. The molecule has 2 aliphatic rings. The Morgan fingerprint density at radius 1 is 1.29 bits per heavy atom. The number of nitrogens with one attached hydrogen (secondary N) is 1. The third-order valence-corrected chi connectivity index (χ3v) is 4.36. The minimum Gasteiger partial charge on any atom is -0.378 e. The van der Waals surface area contributed by atoms with Crippen molar-refractivity contribution < 1.29 is 14.3 Å². The van der Waals surface area contributed by atoms with Crippen LogP contribution in [0.4, 0.5) is 0 Å². The Morgan fingerprint density at radius 3 is 2.71 bits per heavy atom. The number of hydrogen-bond donors (Lipinski definition) is 1. The van der Waals surface area contributed by atoms with Gasteiger partial charge in [-0.25, -0.2) is 0 Å². The maximum atomic E-state index is 12.2. The van der Waals surface area contributed by atoms with Crippen molar-refractivity contribution in [1.82, 2.24) is 14.8 Å². The molecule has 0 spiro atoms. The van der Waals surface area contributed by atoms with Gasteiger partial charge in [-0.15, -0.1) is 0 Å². The number of aromatic nitrogens is 1. The van der Waals surface area contributed by atoms with Gasteiger partial charge in [0.25, 0.3) is 11.7 Å². The summed E-state index contributed by atoms with van der Waals surface area (Å²) in [5, 5.41) is 2.85. The van der Waals surface area contributed by atoms with E-state index in [1.807, 2.05) is 0 Å². The first-order valence-electron chi connectivity index (χ1n) is 7.45. The molecule has 21 heavy (non-hydrogen) atoms. The van der Waals surface area contributed by atoms with E-state index in [1.165, 1.54) is 12.8 Å². The van der Waals surface area contributed by atoms with Gasteiger partial charge in [-0.05, 0) is 38.1 Å². The zero-order valence-electron chi connectivity index (χ0n) is 12.2. The van der Waals surface area contributed by atoms with Crippen LogP contribution in [0.25, 0.3) is 0 Å². The van der Waals surface area contributed by atoms with Crippen LogP contribution in [0.2, 0.25) is 0 Å². The number of carbonyl (C=O) groups is 2. The smallest absolute Gasteiger partial charge is 0.294 e. The molecular weight excluding hydrogens is 270 g/mol. The number of rotatable bonds is 4. The summed E-state index contributed by atoms with van der Waals surface area (Å²) in [4.78, 5) is 26.7. The van der Waals surface area contributed by atoms with Crippen LogP contribution in [0.1, 0.15) is 23.3 Å². The molecule has 2 fully saturated rings. The maximum absolute atomic E-state index is 12.2. The summed E-state index contributed by atoms with van der Waals surface area (Å²) in [5.41, 5.74) is 0.407. The predicted molar refractivity (Wildman–Crippen MR) is 77.1 cm³/mol. The molecule has 1 aromatic rings. The Labute approximate surface area is 124 Å². The number of ketones is 1. The number of aryl methyl sites for hydroxylation is 1. The molecule has 6 nitrogen and oxygen atoms in total. The third-order valence-electron chi connectivity index (χ3n) is 4.36. The lowest BCUT2D eigenvalue weighted by Crippen LogP contribution is -2.51. The van der Waals surface area contributed by atoms with Crippen molar-refractivity contribution in [3.8, 4) is 0 Å². The molecule has 6 heteroatoms. The van der Waals surface area contributed by atoms with E-state index in [4.69, 9.17) is 4.74 Å². The van der Waals surface area contributed by atoms with Crippen molar-refractivity contribution in [2.45, 2.75) is 24.9 Å². The average Bonchev–Trinajstić information content (AvgIpc) is 3.17. The molecule has 1 N–H and O–H groups in total. The monoisotopic (exact) mass is 291 g/mol. The Morgan fingerprint density at radius 2 is 2.05 bits per heavy atom.